The van der Waals surface area contributed by atoms with Crippen LogP contribution in [0.5, 0.6) is 0 Å². The van der Waals surface area contributed by atoms with Crippen LogP contribution in [0, 0.1) is 5.41 Å². The van der Waals surface area contributed by atoms with E-state index in [1.54, 1.807) is 0 Å². The van der Waals surface area contributed by atoms with Gasteiger partial charge in [-0.1, -0.05) is 0 Å². The molecule has 0 aromatic carbocycles. The number of carbonyl (C=O) groups is 1. The lowest BCUT2D eigenvalue weighted by Gasteiger charge is -2.20. The predicted molar refractivity (Wildman–Crippen MR) is 51.0 cm³/mol. The third-order valence-corrected chi connectivity index (χ3v) is 2.57. The van der Waals surface area contributed by atoms with Crippen LogP contribution in [0.3, 0.4) is 0 Å². The molecule has 0 atom stereocenters. The number of hydrogen-bond acceptors (Lipinski definition) is 3. The monoisotopic (exact) mass is 202 g/mol. The molecule has 14 heavy (non-hydrogen) atoms. The highest BCUT2D eigenvalue weighted by Gasteiger charge is 2.51. The van der Waals surface area contributed by atoms with Crippen molar-refractivity contribution in [2.24, 2.45) is 5.41 Å². The number of ether oxygens (including phenoxy) is 2. The van der Waals surface area contributed by atoms with E-state index in [-0.39, 0.29) is 6.29 Å². The Labute approximate surface area is 84.2 Å². The van der Waals surface area contributed by atoms with Crippen LogP contribution >= 0.6 is 0 Å². The van der Waals surface area contributed by atoms with Crippen LogP contribution in [-0.4, -0.2) is 30.6 Å². The highest BCUT2D eigenvalue weighted by molar-refractivity contribution is 5.77. The van der Waals surface area contributed by atoms with Gasteiger partial charge >= 0.3 is 5.97 Å². The topological polar surface area (TPSA) is 55.8 Å². The van der Waals surface area contributed by atoms with E-state index in [0.717, 1.165) is 12.8 Å². The third kappa shape index (κ3) is 2.69. The minimum absolute atomic E-state index is 0.358. The van der Waals surface area contributed by atoms with E-state index in [1.807, 2.05) is 13.8 Å². The maximum atomic E-state index is 10.9. The molecular weight excluding hydrogens is 184 g/mol. The van der Waals surface area contributed by atoms with Crippen LogP contribution in [0.25, 0.3) is 0 Å². The molecule has 0 amide bonds. The van der Waals surface area contributed by atoms with Gasteiger partial charge in [-0.3, -0.25) is 4.79 Å². The summed E-state index contributed by atoms with van der Waals surface area (Å²) in [6.45, 7) is 4.87. The summed E-state index contributed by atoms with van der Waals surface area (Å²) in [5.41, 5.74) is -0.561. The molecule has 1 saturated carbocycles. The number of hydrogen-bond donors (Lipinski definition) is 1. The molecule has 1 fully saturated rings. The van der Waals surface area contributed by atoms with E-state index < -0.39 is 11.4 Å². The molecule has 0 saturated heterocycles. The zero-order chi connectivity index (χ0) is 10.6. The van der Waals surface area contributed by atoms with Gasteiger partial charge in [-0.05, 0) is 26.7 Å². The molecule has 4 heteroatoms. The lowest BCUT2D eigenvalue weighted by molar-refractivity contribution is -0.163. The summed E-state index contributed by atoms with van der Waals surface area (Å²) in [5.74, 6) is -0.720. The largest absolute Gasteiger partial charge is 0.481 e. The fraction of sp³-hybridized carbons (Fsp3) is 0.900. The summed E-state index contributed by atoms with van der Waals surface area (Å²) >= 11 is 0. The quantitative estimate of drug-likeness (QED) is 0.638. The van der Waals surface area contributed by atoms with Crippen molar-refractivity contribution in [2.75, 3.05) is 13.2 Å². The van der Waals surface area contributed by atoms with Gasteiger partial charge in [0.05, 0.1) is 5.41 Å². The number of aliphatic carboxylic acids is 1. The van der Waals surface area contributed by atoms with Crippen LogP contribution in [0.2, 0.25) is 0 Å². The zero-order valence-corrected chi connectivity index (χ0v) is 8.78. The molecular formula is C10H18O4. The van der Waals surface area contributed by atoms with Crippen molar-refractivity contribution in [3.8, 4) is 0 Å². The molecule has 1 rings (SSSR count). The van der Waals surface area contributed by atoms with E-state index in [2.05, 4.69) is 0 Å². The second kappa shape index (κ2) is 4.75. The fourth-order valence-corrected chi connectivity index (χ4v) is 1.51. The Kier molecular flexibility index (Phi) is 3.89. The molecule has 0 aromatic rings. The van der Waals surface area contributed by atoms with Gasteiger partial charge in [0.15, 0.2) is 6.29 Å². The van der Waals surface area contributed by atoms with E-state index in [4.69, 9.17) is 14.6 Å². The first-order valence-electron chi connectivity index (χ1n) is 5.11. The Morgan fingerprint density at radius 3 is 2.14 bits per heavy atom. The van der Waals surface area contributed by atoms with Gasteiger partial charge in [-0.15, -0.1) is 0 Å². The fourth-order valence-electron chi connectivity index (χ4n) is 1.51. The summed E-state index contributed by atoms with van der Waals surface area (Å²) in [6.07, 6.45) is 1.62. The molecule has 1 aliphatic carbocycles. The van der Waals surface area contributed by atoms with Gasteiger partial charge in [0.25, 0.3) is 0 Å². The van der Waals surface area contributed by atoms with Crippen molar-refractivity contribution < 1.29 is 19.4 Å². The number of carboxylic acid groups (broad SMARTS) is 1. The molecule has 0 unspecified atom stereocenters. The molecule has 4 nitrogen and oxygen atoms in total. The molecule has 0 spiro atoms. The molecule has 0 bridgehead atoms. The Morgan fingerprint density at radius 2 is 1.86 bits per heavy atom. The number of rotatable bonds is 7. The first kappa shape index (κ1) is 11.5. The standard InChI is InChI=1S/C10H18O4/c1-3-13-8(14-4-2)7-10(5-6-10)9(11)12/h8H,3-7H2,1-2H3,(H,11,12). The van der Waals surface area contributed by atoms with Crippen molar-refractivity contribution in [3.05, 3.63) is 0 Å². The minimum atomic E-state index is -0.720. The summed E-state index contributed by atoms with van der Waals surface area (Å²) in [5, 5.41) is 8.98. The summed E-state index contributed by atoms with van der Waals surface area (Å²) < 4.78 is 10.6. The van der Waals surface area contributed by atoms with Crippen molar-refractivity contribution >= 4 is 5.97 Å². The first-order chi connectivity index (χ1) is 6.64. The van der Waals surface area contributed by atoms with Crippen LogP contribution in [0.4, 0.5) is 0 Å². The molecule has 0 aromatic heterocycles. The smallest absolute Gasteiger partial charge is 0.309 e. The lowest BCUT2D eigenvalue weighted by atomic mass is 10.0. The van der Waals surface area contributed by atoms with Crippen LogP contribution in [0.15, 0.2) is 0 Å². The highest BCUT2D eigenvalue weighted by Crippen LogP contribution is 2.50. The zero-order valence-electron chi connectivity index (χ0n) is 8.78. The van der Waals surface area contributed by atoms with E-state index in [0.29, 0.717) is 19.6 Å². The van der Waals surface area contributed by atoms with Gasteiger partial charge in [0.2, 0.25) is 0 Å². The van der Waals surface area contributed by atoms with Crippen molar-refractivity contribution in [3.63, 3.8) is 0 Å². The summed E-state index contributed by atoms with van der Waals surface area (Å²) in [4.78, 5) is 10.9. The van der Waals surface area contributed by atoms with Crippen LogP contribution < -0.4 is 0 Å². The summed E-state index contributed by atoms with van der Waals surface area (Å²) in [6, 6.07) is 0. The van der Waals surface area contributed by atoms with E-state index in [9.17, 15) is 4.79 Å². The average Bonchev–Trinajstić information content (AvgIpc) is 2.86. The second-order valence-electron chi connectivity index (χ2n) is 3.63. The molecule has 82 valence electrons. The van der Waals surface area contributed by atoms with Gasteiger partial charge in [-0.2, -0.15) is 0 Å². The van der Waals surface area contributed by atoms with Crippen LogP contribution in [-0.2, 0) is 14.3 Å². The molecule has 0 heterocycles. The SMILES string of the molecule is CCOC(CC1(C(=O)O)CC1)OCC. The van der Waals surface area contributed by atoms with E-state index in [1.165, 1.54) is 0 Å². The Hall–Kier alpha value is -0.610. The Bertz CT molecular complexity index is 192. The van der Waals surface area contributed by atoms with Gasteiger partial charge < -0.3 is 14.6 Å². The Balaban J connectivity index is 2.42. The molecule has 0 radical (unpaired) electrons. The Morgan fingerprint density at radius 1 is 1.36 bits per heavy atom. The number of carboxylic acids is 1. The third-order valence-electron chi connectivity index (χ3n) is 2.57. The first-order valence-corrected chi connectivity index (χ1v) is 5.11. The maximum Gasteiger partial charge on any atom is 0.309 e. The van der Waals surface area contributed by atoms with Crippen molar-refractivity contribution in [1.29, 1.82) is 0 Å². The van der Waals surface area contributed by atoms with Gasteiger partial charge in [-0.25, -0.2) is 0 Å². The second-order valence-corrected chi connectivity index (χ2v) is 3.63. The van der Waals surface area contributed by atoms with Gasteiger partial charge in [0.1, 0.15) is 0 Å². The van der Waals surface area contributed by atoms with Crippen molar-refractivity contribution in [2.45, 2.75) is 39.4 Å². The van der Waals surface area contributed by atoms with Crippen molar-refractivity contribution in [1.82, 2.24) is 0 Å². The lowest BCUT2D eigenvalue weighted by Crippen LogP contribution is -2.26. The molecule has 0 aliphatic heterocycles. The highest BCUT2D eigenvalue weighted by atomic mass is 16.7. The predicted octanol–water partition coefficient (Wildman–Crippen LogP) is 1.64. The summed E-state index contributed by atoms with van der Waals surface area (Å²) in [7, 11) is 0. The minimum Gasteiger partial charge on any atom is -0.481 e. The van der Waals surface area contributed by atoms with Crippen LogP contribution in [0.1, 0.15) is 33.1 Å². The normalized spacial score (nSPS) is 18.5. The molecule has 1 aliphatic rings. The van der Waals surface area contributed by atoms with Gasteiger partial charge in [0, 0.05) is 19.6 Å². The maximum absolute atomic E-state index is 10.9. The average molecular weight is 202 g/mol. The molecule has 1 N–H and O–H groups in total. The van der Waals surface area contributed by atoms with E-state index >= 15 is 0 Å².